The summed E-state index contributed by atoms with van der Waals surface area (Å²) in [5.74, 6) is 1.53. The van der Waals surface area contributed by atoms with Crippen molar-refractivity contribution in [2.45, 2.75) is 12.4 Å². The molecule has 9 heteroatoms. The highest BCUT2D eigenvalue weighted by atomic mass is 32.2. The lowest BCUT2D eigenvalue weighted by Crippen LogP contribution is -2.15. The number of imidazole rings is 1. The van der Waals surface area contributed by atoms with E-state index in [1.807, 2.05) is 0 Å². The first-order valence-corrected chi connectivity index (χ1v) is 7.88. The molecule has 0 fully saturated rings. The lowest BCUT2D eigenvalue weighted by atomic mass is 10.4. The standard InChI is InChI=1S/C10H16N4O3S2/c1-18-10(4-14(16)17)11-2-3-19-6-9-8(5-15)12-7-13-9/h4,7,11,15H,2-3,5-6H2,1H3,(H,12,13). The zero-order chi connectivity index (χ0) is 14.1. The van der Waals surface area contributed by atoms with Crippen LogP contribution in [0, 0.1) is 10.1 Å². The number of hydrogen-bond donors (Lipinski definition) is 3. The molecule has 19 heavy (non-hydrogen) atoms. The van der Waals surface area contributed by atoms with Gasteiger partial charge in [-0.3, -0.25) is 10.1 Å². The Morgan fingerprint density at radius 2 is 2.53 bits per heavy atom. The molecule has 0 unspecified atom stereocenters. The summed E-state index contributed by atoms with van der Waals surface area (Å²) in [6.45, 7) is 0.577. The number of aliphatic hydroxyl groups is 1. The van der Waals surface area contributed by atoms with Crippen LogP contribution in [0.4, 0.5) is 0 Å². The molecule has 3 N–H and O–H groups in total. The van der Waals surface area contributed by atoms with Gasteiger partial charge in [0.15, 0.2) is 0 Å². The number of aliphatic hydroxyl groups excluding tert-OH is 1. The van der Waals surface area contributed by atoms with Crippen LogP contribution < -0.4 is 5.32 Å². The van der Waals surface area contributed by atoms with Crippen molar-refractivity contribution in [1.29, 1.82) is 0 Å². The normalized spacial score (nSPS) is 11.6. The van der Waals surface area contributed by atoms with Gasteiger partial charge in [-0.1, -0.05) is 0 Å². The molecular weight excluding hydrogens is 288 g/mol. The van der Waals surface area contributed by atoms with Crippen molar-refractivity contribution in [3.8, 4) is 0 Å². The fourth-order valence-corrected chi connectivity index (χ4v) is 2.58. The van der Waals surface area contributed by atoms with Gasteiger partial charge in [-0.2, -0.15) is 11.8 Å². The molecule has 0 bridgehead atoms. The van der Waals surface area contributed by atoms with E-state index >= 15 is 0 Å². The summed E-state index contributed by atoms with van der Waals surface area (Å²) in [7, 11) is 0. The van der Waals surface area contributed by atoms with Crippen LogP contribution in [-0.2, 0) is 12.4 Å². The fraction of sp³-hybridized carbons (Fsp3) is 0.500. The van der Waals surface area contributed by atoms with E-state index in [-0.39, 0.29) is 6.61 Å². The topological polar surface area (TPSA) is 104 Å². The minimum atomic E-state index is -0.468. The van der Waals surface area contributed by atoms with E-state index in [4.69, 9.17) is 5.11 Å². The van der Waals surface area contributed by atoms with Crippen molar-refractivity contribution in [1.82, 2.24) is 15.3 Å². The lowest BCUT2D eigenvalue weighted by Gasteiger charge is -2.05. The van der Waals surface area contributed by atoms with Gasteiger partial charge in [0.25, 0.3) is 6.20 Å². The SMILES string of the molecule is CSC(=C[N+](=O)[O-])NCCSCc1[nH]cnc1CO. The summed E-state index contributed by atoms with van der Waals surface area (Å²) in [5.41, 5.74) is 1.58. The zero-order valence-electron chi connectivity index (χ0n) is 10.5. The Bertz CT molecular complexity index is 436. The van der Waals surface area contributed by atoms with Crippen LogP contribution in [0.3, 0.4) is 0 Å². The number of thioether (sulfide) groups is 2. The maximum absolute atomic E-state index is 10.3. The summed E-state index contributed by atoms with van der Waals surface area (Å²) < 4.78 is 0. The maximum atomic E-state index is 10.3. The molecule has 0 aliphatic carbocycles. The quantitative estimate of drug-likeness (QED) is 0.357. The van der Waals surface area contributed by atoms with Gasteiger partial charge in [0.05, 0.1) is 29.2 Å². The fourth-order valence-electron chi connectivity index (χ4n) is 1.30. The molecule has 1 aromatic rings. The number of aromatic amines is 1. The molecular formula is C10H16N4O3S2. The number of H-pyrrole nitrogens is 1. The smallest absolute Gasteiger partial charge is 0.263 e. The molecule has 0 saturated carbocycles. The van der Waals surface area contributed by atoms with Gasteiger partial charge < -0.3 is 15.4 Å². The van der Waals surface area contributed by atoms with Gasteiger partial charge in [0.1, 0.15) is 5.03 Å². The van der Waals surface area contributed by atoms with Gasteiger partial charge in [-0.25, -0.2) is 4.98 Å². The molecule has 106 valence electrons. The van der Waals surface area contributed by atoms with E-state index in [0.717, 1.165) is 23.4 Å². The second-order valence-electron chi connectivity index (χ2n) is 3.45. The second kappa shape index (κ2) is 8.83. The van der Waals surface area contributed by atoms with Crippen LogP contribution >= 0.6 is 23.5 Å². The molecule has 0 aliphatic rings. The highest BCUT2D eigenvalue weighted by molar-refractivity contribution is 8.02. The average Bonchev–Trinajstić information content (AvgIpc) is 2.83. The van der Waals surface area contributed by atoms with Crippen LogP contribution in [0.2, 0.25) is 0 Å². The van der Waals surface area contributed by atoms with Crippen LogP contribution in [0.5, 0.6) is 0 Å². The van der Waals surface area contributed by atoms with E-state index in [0.29, 0.717) is 17.3 Å². The summed E-state index contributed by atoms with van der Waals surface area (Å²) in [6.07, 6.45) is 4.31. The molecule has 1 aromatic heterocycles. The number of nitrogens with one attached hydrogen (secondary N) is 2. The third-order valence-electron chi connectivity index (χ3n) is 2.19. The Hall–Kier alpha value is -1.19. The van der Waals surface area contributed by atoms with Gasteiger partial charge in [0, 0.05) is 18.1 Å². The molecule has 1 heterocycles. The molecule has 0 aliphatic heterocycles. The number of aromatic nitrogens is 2. The Morgan fingerprint density at radius 1 is 1.74 bits per heavy atom. The van der Waals surface area contributed by atoms with Gasteiger partial charge in [-0.05, 0) is 6.26 Å². The van der Waals surface area contributed by atoms with E-state index < -0.39 is 4.92 Å². The van der Waals surface area contributed by atoms with Crippen LogP contribution in [-0.4, -0.2) is 38.6 Å². The van der Waals surface area contributed by atoms with E-state index in [1.54, 1.807) is 24.3 Å². The van der Waals surface area contributed by atoms with E-state index in [1.165, 1.54) is 11.8 Å². The summed E-state index contributed by atoms with van der Waals surface area (Å²) in [5, 5.41) is 22.9. The van der Waals surface area contributed by atoms with Crippen molar-refractivity contribution >= 4 is 23.5 Å². The lowest BCUT2D eigenvalue weighted by molar-refractivity contribution is -0.403. The zero-order valence-corrected chi connectivity index (χ0v) is 12.1. The van der Waals surface area contributed by atoms with Crippen LogP contribution in [0.25, 0.3) is 0 Å². The molecule has 0 aromatic carbocycles. The molecule has 7 nitrogen and oxygen atoms in total. The van der Waals surface area contributed by atoms with Crippen molar-refractivity contribution in [2.24, 2.45) is 0 Å². The Kier molecular flexibility index (Phi) is 7.38. The predicted octanol–water partition coefficient (Wildman–Crippen LogP) is 1.16. The van der Waals surface area contributed by atoms with Gasteiger partial charge in [0.2, 0.25) is 0 Å². The maximum Gasteiger partial charge on any atom is 0.263 e. The van der Waals surface area contributed by atoms with Crippen molar-refractivity contribution in [3.63, 3.8) is 0 Å². The molecule has 1 rings (SSSR count). The third-order valence-corrected chi connectivity index (χ3v) is 3.87. The highest BCUT2D eigenvalue weighted by Crippen LogP contribution is 2.13. The molecule has 0 amide bonds. The Labute approximate surface area is 119 Å². The monoisotopic (exact) mass is 304 g/mol. The predicted molar refractivity (Wildman–Crippen MR) is 77.3 cm³/mol. The summed E-state index contributed by atoms with van der Waals surface area (Å²) in [6, 6.07) is 0. The molecule has 0 saturated heterocycles. The molecule has 0 radical (unpaired) electrons. The van der Waals surface area contributed by atoms with E-state index in [9.17, 15) is 10.1 Å². The first-order chi connectivity index (χ1) is 9.17. The Balaban J connectivity index is 2.22. The Morgan fingerprint density at radius 3 is 3.16 bits per heavy atom. The van der Waals surface area contributed by atoms with Crippen molar-refractivity contribution < 1.29 is 10.0 Å². The minimum Gasteiger partial charge on any atom is -0.390 e. The van der Waals surface area contributed by atoms with Crippen molar-refractivity contribution in [2.75, 3.05) is 18.6 Å². The summed E-state index contributed by atoms with van der Waals surface area (Å²) in [4.78, 5) is 16.8. The first kappa shape index (κ1) is 15.9. The molecule has 0 atom stereocenters. The number of hydrogen-bond acceptors (Lipinski definition) is 7. The summed E-state index contributed by atoms with van der Waals surface area (Å²) >= 11 is 2.97. The number of nitro groups is 1. The van der Waals surface area contributed by atoms with Crippen LogP contribution in [0.15, 0.2) is 17.6 Å². The average molecular weight is 304 g/mol. The second-order valence-corrected chi connectivity index (χ2v) is 5.40. The van der Waals surface area contributed by atoms with Crippen LogP contribution in [0.1, 0.15) is 11.4 Å². The van der Waals surface area contributed by atoms with Crippen molar-refractivity contribution in [3.05, 3.63) is 39.1 Å². The van der Waals surface area contributed by atoms with Gasteiger partial charge >= 0.3 is 0 Å². The largest absolute Gasteiger partial charge is 0.390 e. The number of nitrogens with zero attached hydrogens (tertiary/aromatic N) is 2. The van der Waals surface area contributed by atoms with E-state index in [2.05, 4.69) is 15.3 Å². The highest BCUT2D eigenvalue weighted by Gasteiger charge is 2.04. The molecule has 0 spiro atoms. The minimum absolute atomic E-state index is 0.0696. The van der Waals surface area contributed by atoms with Gasteiger partial charge in [-0.15, -0.1) is 11.8 Å². The number of rotatable bonds is 9. The first-order valence-electron chi connectivity index (χ1n) is 5.50. The third kappa shape index (κ3) is 5.99.